The molecule has 0 aromatic heterocycles. The molecular weight excluding hydrogens is 452 g/mol. The van der Waals surface area contributed by atoms with Gasteiger partial charge in [0, 0.05) is 6.54 Å². The highest BCUT2D eigenvalue weighted by molar-refractivity contribution is 5.87. The fourth-order valence-electron chi connectivity index (χ4n) is 5.99. The lowest BCUT2D eigenvalue weighted by atomic mass is 9.80. The third-order valence-electron chi connectivity index (χ3n) is 8.03. The quantitative estimate of drug-likeness (QED) is 0.346. The number of benzene rings is 1. The van der Waals surface area contributed by atoms with E-state index in [-0.39, 0.29) is 18.1 Å². The van der Waals surface area contributed by atoms with Crippen molar-refractivity contribution in [2.24, 2.45) is 17.8 Å². The van der Waals surface area contributed by atoms with Crippen molar-refractivity contribution >= 4 is 12.0 Å². The Kier molecular flexibility index (Phi) is 10.4. The molecule has 6 nitrogen and oxygen atoms in total. The SMILES string of the molecule is CC(C)[C@@H](C/C=C/C(=O)NCCc1ccccc1)C[C@@H]1OC(C)(C)N(C(=O)O)[C@H]1CC1CCCCC1. The first-order chi connectivity index (χ1) is 17.2. The van der Waals surface area contributed by atoms with E-state index < -0.39 is 11.8 Å². The number of carboxylic acid groups (broad SMARTS) is 1. The van der Waals surface area contributed by atoms with E-state index in [2.05, 4.69) is 31.3 Å². The molecule has 1 saturated heterocycles. The van der Waals surface area contributed by atoms with E-state index in [9.17, 15) is 14.7 Å². The van der Waals surface area contributed by atoms with E-state index in [1.54, 1.807) is 11.0 Å². The van der Waals surface area contributed by atoms with Crippen LogP contribution in [0.2, 0.25) is 0 Å². The van der Waals surface area contributed by atoms with Crippen molar-refractivity contribution in [3.63, 3.8) is 0 Å². The highest BCUT2D eigenvalue weighted by atomic mass is 16.6. The first-order valence-electron chi connectivity index (χ1n) is 13.9. The van der Waals surface area contributed by atoms with Gasteiger partial charge in [0.05, 0.1) is 12.1 Å². The van der Waals surface area contributed by atoms with Gasteiger partial charge < -0.3 is 15.2 Å². The Bertz CT molecular complexity index is 861. The molecule has 1 saturated carbocycles. The Labute approximate surface area is 217 Å². The summed E-state index contributed by atoms with van der Waals surface area (Å²) < 4.78 is 6.42. The fraction of sp³-hybridized carbons (Fsp3) is 0.667. The minimum Gasteiger partial charge on any atom is -0.465 e. The number of nitrogens with one attached hydrogen (secondary N) is 1. The maximum atomic E-state index is 12.3. The van der Waals surface area contributed by atoms with Crippen molar-refractivity contribution < 1.29 is 19.4 Å². The third-order valence-corrected chi connectivity index (χ3v) is 8.03. The number of amides is 2. The van der Waals surface area contributed by atoms with Gasteiger partial charge in [-0.15, -0.1) is 0 Å². The molecule has 3 atom stereocenters. The van der Waals surface area contributed by atoms with Gasteiger partial charge in [-0.3, -0.25) is 9.69 Å². The maximum Gasteiger partial charge on any atom is 0.409 e. The average Bonchev–Trinajstić information content (AvgIpc) is 3.08. The fourth-order valence-corrected chi connectivity index (χ4v) is 5.99. The molecule has 2 N–H and O–H groups in total. The lowest BCUT2D eigenvalue weighted by Crippen LogP contribution is -2.48. The Morgan fingerprint density at radius 2 is 1.86 bits per heavy atom. The van der Waals surface area contributed by atoms with Gasteiger partial charge in [0.25, 0.3) is 0 Å². The van der Waals surface area contributed by atoms with Crippen LogP contribution < -0.4 is 5.32 Å². The third kappa shape index (κ3) is 8.09. The molecule has 0 bridgehead atoms. The van der Waals surface area contributed by atoms with E-state index in [1.165, 1.54) is 37.7 Å². The number of nitrogens with zero attached hydrogens (tertiary/aromatic N) is 1. The Morgan fingerprint density at radius 1 is 1.17 bits per heavy atom. The minimum absolute atomic E-state index is 0.0704. The Hall–Kier alpha value is -2.34. The first-order valence-corrected chi connectivity index (χ1v) is 13.9. The van der Waals surface area contributed by atoms with Gasteiger partial charge in [-0.25, -0.2) is 4.79 Å². The second kappa shape index (κ2) is 13.3. The smallest absolute Gasteiger partial charge is 0.409 e. The van der Waals surface area contributed by atoms with Crippen molar-refractivity contribution in [1.82, 2.24) is 10.2 Å². The number of hydrogen-bond donors (Lipinski definition) is 2. The van der Waals surface area contributed by atoms with E-state index >= 15 is 0 Å². The lowest BCUT2D eigenvalue weighted by Gasteiger charge is -2.34. The zero-order valence-corrected chi connectivity index (χ0v) is 22.6. The molecule has 0 unspecified atom stereocenters. The number of rotatable bonds is 11. The summed E-state index contributed by atoms with van der Waals surface area (Å²) in [6.07, 6.45) is 12.0. The topological polar surface area (TPSA) is 78.9 Å². The molecule has 0 radical (unpaired) electrons. The van der Waals surface area contributed by atoms with E-state index in [0.29, 0.717) is 24.3 Å². The van der Waals surface area contributed by atoms with Crippen molar-refractivity contribution in [1.29, 1.82) is 0 Å². The molecule has 36 heavy (non-hydrogen) atoms. The van der Waals surface area contributed by atoms with Crippen molar-refractivity contribution in [2.45, 2.75) is 103 Å². The zero-order valence-electron chi connectivity index (χ0n) is 22.6. The van der Waals surface area contributed by atoms with E-state index in [4.69, 9.17) is 4.74 Å². The zero-order chi connectivity index (χ0) is 26.1. The molecule has 2 amide bonds. The Morgan fingerprint density at radius 3 is 2.50 bits per heavy atom. The Balaban J connectivity index is 1.58. The molecule has 0 spiro atoms. The summed E-state index contributed by atoms with van der Waals surface area (Å²) in [6, 6.07) is 10.0. The summed E-state index contributed by atoms with van der Waals surface area (Å²) in [5.41, 5.74) is 0.380. The van der Waals surface area contributed by atoms with E-state index in [1.807, 2.05) is 38.1 Å². The maximum absolute atomic E-state index is 12.3. The lowest BCUT2D eigenvalue weighted by molar-refractivity contribution is -0.116. The average molecular weight is 499 g/mol. The summed E-state index contributed by atoms with van der Waals surface area (Å²) in [5.74, 6) is 1.21. The van der Waals surface area contributed by atoms with Gasteiger partial charge in [0.15, 0.2) is 0 Å². The van der Waals surface area contributed by atoms with Gasteiger partial charge in [-0.2, -0.15) is 0 Å². The van der Waals surface area contributed by atoms with E-state index in [0.717, 1.165) is 25.7 Å². The van der Waals surface area contributed by atoms with Crippen LogP contribution in [-0.4, -0.2) is 46.4 Å². The molecule has 2 aliphatic rings. The number of hydrogen-bond acceptors (Lipinski definition) is 3. The molecule has 6 heteroatoms. The van der Waals surface area contributed by atoms with Gasteiger partial charge >= 0.3 is 6.09 Å². The van der Waals surface area contributed by atoms with Gasteiger partial charge in [0.2, 0.25) is 5.91 Å². The highest BCUT2D eigenvalue weighted by Gasteiger charge is 2.50. The molecule has 200 valence electrons. The number of carbonyl (C=O) groups is 2. The molecule has 1 aliphatic carbocycles. The standard InChI is InChI=1S/C30H46N2O4/c1-22(2)25(16-11-17-28(33)31-19-18-23-12-7-5-8-13-23)21-27-26(20-24-14-9-6-10-15-24)32(29(34)35)30(3,4)36-27/h5,7-8,11-13,17,22,24-27H,6,9-10,14-16,18-21H2,1-4H3,(H,31,33)(H,34,35)/b17-11+/t25-,26-,27-/m0/s1. The molecule has 3 rings (SSSR count). The summed E-state index contributed by atoms with van der Waals surface area (Å²) >= 11 is 0. The number of ether oxygens (including phenoxy) is 1. The van der Waals surface area contributed by atoms with Gasteiger partial charge in [-0.05, 0) is 68.9 Å². The molecule has 1 heterocycles. The van der Waals surface area contributed by atoms with Crippen LogP contribution in [0.25, 0.3) is 0 Å². The van der Waals surface area contributed by atoms with Crippen molar-refractivity contribution in [2.75, 3.05) is 6.54 Å². The molecule has 1 aromatic carbocycles. The second-order valence-electron chi connectivity index (χ2n) is 11.5. The molecule has 1 aliphatic heterocycles. The van der Waals surface area contributed by atoms with Crippen LogP contribution in [-0.2, 0) is 16.0 Å². The first kappa shape index (κ1) is 28.2. The van der Waals surface area contributed by atoms with Gasteiger partial charge in [0.1, 0.15) is 5.72 Å². The second-order valence-corrected chi connectivity index (χ2v) is 11.5. The predicted octanol–water partition coefficient (Wildman–Crippen LogP) is 6.41. The molecule has 1 aromatic rings. The normalized spacial score (nSPS) is 23.3. The predicted molar refractivity (Wildman–Crippen MR) is 144 cm³/mol. The molecule has 2 fully saturated rings. The van der Waals surface area contributed by atoms with Crippen LogP contribution in [0.5, 0.6) is 0 Å². The summed E-state index contributed by atoms with van der Waals surface area (Å²) in [5, 5.41) is 13.0. The largest absolute Gasteiger partial charge is 0.465 e. The van der Waals surface area contributed by atoms with Crippen LogP contribution in [0.4, 0.5) is 4.79 Å². The minimum atomic E-state index is -0.892. The van der Waals surface area contributed by atoms with Crippen LogP contribution in [0.1, 0.15) is 84.6 Å². The van der Waals surface area contributed by atoms with Crippen LogP contribution in [0, 0.1) is 17.8 Å². The highest BCUT2D eigenvalue weighted by Crippen LogP contribution is 2.41. The number of carbonyl (C=O) groups excluding carboxylic acids is 1. The molecular formula is C30H46N2O4. The van der Waals surface area contributed by atoms with Crippen molar-refractivity contribution in [3.05, 3.63) is 48.0 Å². The van der Waals surface area contributed by atoms with Gasteiger partial charge in [-0.1, -0.05) is 82.4 Å². The summed E-state index contributed by atoms with van der Waals surface area (Å²) in [6.45, 7) is 8.76. The summed E-state index contributed by atoms with van der Waals surface area (Å²) in [4.78, 5) is 26.1. The number of allylic oxidation sites excluding steroid dienone is 1. The summed E-state index contributed by atoms with van der Waals surface area (Å²) in [7, 11) is 0. The van der Waals surface area contributed by atoms with Crippen LogP contribution in [0.3, 0.4) is 0 Å². The van der Waals surface area contributed by atoms with Crippen LogP contribution in [0.15, 0.2) is 42.5 Å². The van der Waals surface area contributed by atoms with Crippen molar-refractivity contribution in [3.8, 4) is 0 Å². The monoisotopic (exact) mass is 498 g/mol. The van der Waals surface area contributed by atoms with Crippen LogP contribution >= 0.6 is 0 Å².